The highest BCUT2D eigenvalue weighted by Crippen LogP contribution is 2.29. The summed E-state index contributed by atoms with van der Waals surface area (Å²) in [6, 6.07) is 0. The molecule has 0 aromatic heterocycles. The zero-order valence-electron chi connectivity index (χ0n) is 7.84. The highest BCUT2D eigenvalue weighted by Gasteiger charge is 2.25. The maximum atomic E-state index is 3.31. The molecular formula is C9H19N3. The van der Waals surface area contributed by atoms with Crippen LogP contribution in [0.2, 0.25) is 0 Å². The zero-order valence-corrected chi connectivity index (χ0v) is 7.84. The Morgan fingerprint density at radius 1 is 1.33 bits per heavy atom. The molecule has 0 spiro atoms. The molecule has 1 saturated carbocycles. The van der Waals surface area contributed by atoms with Crippen LogP contribution in [0.3, 0.4) is 0 Å². The number of hydrogen-bond donors (Lipinski definition) is 2. The van der Waals surface area contributed by atoms with Crippen molar-refractivity contribution in [3.8, 4) is 0 Å². The van der Waals surface area contributed by atoms with E-state index in [-0.39, 0.29) is 0 Å². The number of nitrogens with one attached hydrogen (secondary N) is 2. The van der Waals surface area contributed by atoms with Crippen LogP contribution < -0.4 is 10.9 Å². The fourth-order valence-electron chi connectivity index (χ4n) is 2.31. The summed E-state index contributed by atoms with van der Waals surface area (Å²) in [6.45, 7) is 0.984. The summed E-state index contributed by atoms with van der Waals surface area (Å²) in [7, 11) is 2.17. The molecule has 1 aliphatic carbocycles. The molecule has 2 fully saturated rings. The number of nitrogens with zero attached hydrogens (tertiary/aromatic N) is 1. The van der Waals surface area contributed by atoms with E-state index in [9.17, 15) is 0 Å². The summed E-state index contributed by atoms with van der Waals surface area (Å²) < 4.78 is 0. The van der Waals surface area contributed by atoms with Gasteiger partial charge in [-0.3, -0.25) is 4.90 Å². The van der Waals surface area contributed by atoms with Crippen LogP contribution in [0.5, 0.6) is 0 Å². The summed E-state index contributed by atoms with van der Waals surface area (Å²) in [5.41, 5.74) is 6.48. The van der Waals surface area contributed by atoms with Crippen LogP contribution in [0, 0.1) is 5.92 Å². The molecule has 1 saturated heterocycles. The lowest BCUT2D eigenvalue weighted by Gasteiger charge is -2.20. The average molecular weight is 169 g/mol. The molecule has 0 radical (unpaired) electrons. The Balaban J connectivity index is 1.77. The molecule has 2 N–H and O–H groups in total. The van der Waals surface area contributed by atoms with Crippen molar-refractivity contribution < 1.29 is 0 Å². The lowest BCUT2D eigenvalue weighted by Crippen LogP contribution is -2.36. The van der Waals surface area contributed by atoms with E-state index in [1.54, 1.807) is 0 Å². The van der Waals surface area contributed by atoms with Gasteiger partial charge in [-0.25, -0.2) is 10.9 Å². The van der Waals surface area contributed by atoms with Gasteiger partial charge < -0.3 is 0 Å². The molecule has 3 heteroatoms. The lowest BCUT2D eigenvalue weighted by atomic mass is 10.0. The average Bonchev–Trinajstić information content (AvgIpc) is 2.65. The van der Waals surface area contributed by atoms with Crippen molar-refractivity contribution in [1.82, 2.24) is 15.8 Å². The van der Waals surface area contributed by atoms with Gasteiger partial charge >= 0.3 is 0 Å². The van der Waals surface area contributed by atoms with Gasteiger partial charge in [0.25, 0.3) is 0 Å². The van der Waals surface area contributed by atoms with Crippen LogP contribution >= 0.6 is 0 Å². The molecule has 0 bridgehead atoms. The second-order valence-corrected chi connectivity index (χ2v) is 4.14. The Bertz CT molecular complexity index is 143. The first kappa shape index (κ1) is 8.48. The largest absolute Gasteiger partial charge is 0.276 e. The van der Waals surface area contributed by atoms with Crippen molar-refractivity contribution in [2.45, 2.75) is 38.3 Å². The quantitative estimate of drug-likeness (QED) is 0.643. The topological polar surface area (TPSA) is 27.3 Å². The molecule has 70 valence electrons. The van der Waals surface area contributed by atoms with Gasteiger partial charge in [-0.2, -0.15) is 0 Å². The van der Waals surface area contributed by atoms with Crippen molar-refractivity contribution in [3.63, 3.8) is 0 Å². The molecule has 1 unspecified atom stereocenters. The first-order valence-electron chi connectivity index (χ1n) is 5.05. The molecular weight excluding hydrogens is 150 g/mol. The fraction of sp³-hybridized carbons (Fsp3) is 1.00. The van der Waals surface area contributed by atoms with Crippen molar-refractivity contribution in [2.24, 2.45) is 5.92 Å². The van der Waals surface area contributed by atoms with Crippen LogP contribution in [0.4, 0.5) is 0 Å². The third-order valence-electron chi connectivity index (χ3n) is 3.16. The van der Waals surface area contributed by atoms with E-state index in [0.29, 0.717) is 6.17 Å². The number of rotatable bonds is 2. The van der Waals surface area contributed by atoms with Crippen molar-refractivity contribution in [3.05, 3.63) is 0 Å². The Morgan fingerprint density at radius 2 is 2.08 bits per heavy atom. The highest BCUT2D eigenvalue weighted by atomic mass is 15.6. The Labute approximate surface area is 74.5 Å². The molecule has 1 atom stereocenters. The fourth-order valence-corrected chi connectivity index (χ4v) is 2.31. The van der Waals surface area contributed by atoms with Crippen molar-refractivity contribution in [2.75, 3.05) is 13.7 Å². The summed E-state index contributed by atoms with van der Waals surface area (Å²) in [5.74, 6) is 0.977. The minimum atomic E-state index is 0.577. The van der Waals surface area contributed by atoms with Gasteiger partial charge in [-0.05, 0) is 19.4 Å². The summed E-state index contributed by atoms with van der Waals surface area (Å²) >= 11 is 0. The van der Waals surface area contributed by atoms with Crippen LogP contribution in [-0.4, -0.2) is 24.8 Å². The smallest absolute Gasteiger partial charge is 0.0740 e. The van der Waals surface area contributed by atoms with Crippen molar-refractivity contribution in [1.29, 1.82) is 0 Å². The van der Waals surface area contributed by atoms with E-state index >= 15 is 0 Å². The van der Waals surface area contributed by atoms with Gasteiger partial charge in [0.2, 0.25) is 0 Å². The van der Waals surface area contributed by atoms with Crippen LogP contribution in [-0.2, 0) is 0 Å². The predicted molar refractivity (Wildman–Crippen MR) is 49.3 cm³/mol. The third kappa shape index (κ3) is 1.79. The first-order chi connectivity index (χ1) is 5.86. The molecule has 3 nitrogen and oxygen atoms in total. The second-order valence-electron chi connectivity index (χ2n) is 4.14. The van der Waals surface area contributed by atoms with Gasteiger partial charge in [0.15, 0.2) is 0 Å². The van der Waals surface area contributed by atoms with Gasteiger partial charge in [0.1, 0.15) is 0 Å². The number of hydrazine groups is 1. The van der Waals surface area contributed by atoms with Gasteiger partial charge in [-0.15, -0.1) is 0 Å². The Kier molecular flexibility index (Phi) is 2.63. The molecule has 1 heterocycles. The minimum absolute atomic E-state index is 0.577. The van der Waals surface area contributed by atoms with E-state index in [2.05, 4.69) is 22.8 Å². The number of hydrogen-bond acceptors (Lipinski definition) is 3. The van der Waals surface area contributed by atoms with Gasteiger partial charge in [0.05, 0.1) is 12.8 Å². The molecule has 0 aromatic rings. The Hall–Kier alpha value is -0.120. The molecule has 2 aliphatic rings. The van der Waals surface area contributed by atoms with Crippen molar-refractivity contribution >= 4 is 0 Å². The maximum absolute atomic E-state index is 3.31. The first-order valence-corrected chi connectivity index (χ1v) is 5.05. The SMILES string of the molecule is CN1CNNC1CC1CCCC1. The van der Waals surface area contributed by atoms with E-state index in [1.165, 1.54) is 32.1 Å². The lowest BCUT2D eigenvalue weighted by molar-refractivity contribution is 0.245. The third-order valence-corrected chi connectivity index (χ3v) is 3.16. The molecule has 1 aliphatic heterocycles. The van der Waals surface area contributed by atoms with Gasteiger partial charge in [0, 0.05) is 0 Å². The van der Waals surface area contributed by atoms with Crippen LogP contribution in [0.25, 0.3) is 0 Å². The van der Waals surface area contributed by atoms with Gasteiger partial charge in [-0.1, -0.05) is 25.7 Å². The standard InChI is InChI=1S/C9H19N3/c1-12-7-10-11-9(12)6-8-4-2-3-5-8/h8-11H,2-7H2,1H3. The van der Waals surface area contributed by atoms with E-state index in [4.69, 9.17) is 0 Å². The van der Waals surface area contributed by atoms with Crippen LogP contribution in [0.1, 0.15) is 32.1 Å². The zero-order chi connectivity index (χ0) is 8.39. The minimum Gasteiger partial charge on any atom is -0.276 e. The molecule has 12 heavy (non-hydrogen) atoms. The summed E-state index contributed by atoms with van der Waals surface area (Å²) in [6.07, 6.45) is 7.71. The molecule has 2 rings (SSSR count). The maximum Gasteiger partial charge on any atom is 0.0740 e. The van der Waals surface area contributed by atoms with E-state index in [0.717, 1.165) is 12.6 Å². The Morgan fingerprint density at radius 3 is 2.67 bits per heavy atom. The molecule has 0 amide bonds. The van der Waals surface area contributed by atoms with E-state index < -0.39 is 0 Å². The summed E-state index contributed by atoms with van der Waals surface area (Å²) in [4.78, 5) is 2.35. The summed E-state index contributed by atoms with van der Waals surface area (Å²) in [5, 5.41) is 0. The second kappa shape index (κ2) is 3.73. The highest BCUT2D eigenvalue weighted by molar-refractivity contribution is 4.76. The normalized spacial score (nSPS) is 33.2. The molecule has 0 aromatic carbocycles. The monoisotopic (exact) mass is 169 g/mol. The van der Waals surface area contributed by atoms with Crippen LogP contribution in [0.15, 0.2) is 0 Å². The predicted octanol–water partition coefficient (Wildman–Crippen LogP) is 0.890. The van der Waals surface area contributed by atoms with E-state index in [1.807, 2.05) is 0 Å².